The summed E-state index contributed by atoms with van der Waals surface area (Å²) < 4.78 is 27.4. The molecule has 1 saturated carbocycles. The van der Waals surface area contributed by atoms with Crippen LogP contribution >= 0.6 is 15.9 Å². The Morgan fingerprint density at radius 1 is 1.35 bits per heavy atom. The van der Waals surface area contributed by atoms with Crippen molar-refractivity contribution in [3.8, 4) is 0 Å². The fourth-order valence-corrected chi connectivity index (χ4v) is 4.20. The van der Waals surface area contributed by atoms with E-state index in [2.05, 4.69) is 20.7 Å². The molecule has 0 unspecified atom stereocenters. The maximum atomic E-state index is 12.2. The maximum absolute atomic E-state index is 12.2. The molecule has 0 aliphatic heterocycles. The number of nitrogens with one attached hydrogen (secondary N) is 1. The van der Waals surface area contributed by atoms with Crippen LogP contribution in [0.15, 0.2) is 27.6 Å². The Hall–Kier alpha value is -0.990. The van der Waals surface area contributed by atoms with Gasteiger partial charge in [-0.1, -0.05) is 28.8 Å². The number of hydrogen-bond acceptors (Lipinski definition) is 4. The minimum absolute atomic E-state index is 0.296. The first-order valence-corrected chi connectivity index (χ1v) is 8.61. The second-order valence-electron chi connectivity index (χ2n) is 4.87. The molecular formula is C12H15BrN2O4S. The van der Waals surface area contributed by atoms with Crippen molar-refractivity contribution >= 4 is 31.6 Å². The van der Waals surface area contributed by atoms with Crippen LogP contribution in [0.25, 0.3) is 0 Å². The third-order valence-corrected chi connectivity index (χ3v) is 5.39. The first kappa shape index (κ1) is 15.4. The zero-order valence-corrected chi connectivity index (χ0v) is 13.1. The van der Waals surface area contributed by atoms with Gasteiger partial charge in [0, 0.05) is 17.1 Å². The summed E-state index contributed by atoms with van der Waals surface area (Å²) in [5.41, 5.74) is -0.410. The van der Waals surface area contributed by atoms with Crippen molar-refractivity contribution in [2.24, 2.45) is 5.92 Å². The van der Waals surface area contributed by atoms with Crippen LogP contribution < -0.4 is 4.72 Å². The molecule has 0 radical (unpaired) electrons. The first-order valence-electron chi connectivity index (χ1n) is 6.34. The van der Waals surface area contributed by atoms with E-state index in [1.54, 1.807) is 0 Å². The normalized spacial score (nSPS) is 16.4. The summed E-state index contributed by atoms with van der Waals surface area (Å²) in [5.74, 6) is 0.330. The zero-order chi connectivity index (χ0) is 14.8. The van der Waals surface area contributed by atoms with Crippen LogP contribution in [0.5, 0.6) is 0 Å². The molecular weight excluding hydrogens is 348 g/mol. The van der Waals surface area contributed by atoms with Crippen molar-refractivity contribution in [1.29, 1.82) is 0 Å². The smallest absolute Gasteiger partial charge is 0.258 e. The van der Waals surface area contributed by atoms with Crippen LogP contribution in [0.3, 0.4) is 0 Å². The van der Waals surface area contributed by atoms with E-state index in [0.29, 0.717) is 16.9 Å². The van der Waals surface area contributed by atoms with Gasteiger partial charge in [0.2, 0.25) is 10.0 Å². The second-order valence-corrected chi connectivity index (χ2v) is 7.52. The molecule has 0 atom stereocenters. The summed E-state index contributed by atoms with van der Waals surface area (Å²) in [5, 5.41) is 10.9. The van der Waals surface area contributed by atoms with Crippen molar-refractivity contribution in [2.75, 3.05) is 6.54 Å². The molecule has 1 fully saturated rings. The van der Waals surface area contributed by atoms with Crippen molar-refractivity contribution in [3.63, 3.8) is 0 Å². The lowest BCUT2D eigenvalue weighted by atomic mass is 10.1. The van der Waals surface area contributed by atoms with Crippen molar-refractivity contribution in [3.05, 3.63) is 32.8 Å². The lowest BCUT2D eigenvalue weighted by Crippen LogP contribution is -2.29. The van der Waals surface area contributed by atoms with Gasteiger partial charge in [-0.25, -0.2) is 13.1 Å². The molecule has 2 rings (SSSR count). The summed E-state index contributed by atoms with van der Waals surface area (Å²) in [6.07, 6.45) is 4.24. The maximum Gasteiger partial charge on any atom is 0.289 e. The van der Waals surface area contributed by atoms with E-state index in [1.807, 2.05) is 0 Å². The molecule has 1 aromatic carbocycles. The number of halogens is 1. The molecule has 0 bridgehead atoms. The second kappa shape index (κ2) is 6.19. The third-order valence-electron chi connectivity index (χ3n) is 3.44. The van der Waals surface area contributed by atoms with E-state index in [0.717, 1.165) is 25.7 Å². The van der Waals surface area contributed by atoms with Gasteiger partial charge in [-0.2, -0.15) is 0 Å². The van der Waals surface area contributed by atoms with Gasteiger partial charge in [0.05, 0.1) is 4.92 Å². The number of nitro groups is 1. The first-order chi connectivity index (χ1) is 9.40. The number of rotatable bonds is 5. The minimum atomic E-state index is -3.87. The Morgan fingerprint density at radius 3 is 2.60 bits per heavy atom. The van der Waals surface area contributed by atoms with Gasteiger partial charge in [-0.15, -0.1) is 0 Å². The van der Waals surface area contributed by atoms with Crippen LogP contribution in [-0.2, 0) is 10.0 Å². The quantitative estimate of drug-likeness (QED) is 0.644. The van der Waals surface area contributed by atoms with Gasteiger partial charge in [0.1, 0.15) is 0 Å². The summed E-state index contributed by atoms with van der Waals surface area (Å²) in [4.78, 5) is 9.96. The van der Waals surface area contributed by atoms with Crippen LogP contribution in [-0.4, -0.2) is 19.9 Å². The van der Waals surface area contributed by atoms with Crippen molar-refractivity contribution in [2.45, 2.75) is 30.6 Å². The standard InChI is InChI=1S/C12H15BrN2O4S/c13-10-5-6-11(15(16)17)12(7-10)20(18,19)14-8-9-3-1-2-4-9/h5-7,9,14H,1-4,8H2. The Bertz CT molecular complexity index is 612. The van der Waals surface area contributed by atoms with E-state index in [1.165, 1.54) is 18.2 Å². The Labute approximate surface area is 125 Å². The van der Waals surface area contributed by atoms with E-state index in [-0.39, 0.29) is 4.90 Å². The predicted octanol–water partition coefficient (Wildman–Crippen LogP) is 2.83. The number of sulfonamides is 1. The molecule has 0 aromatic heterocycles. The zero-order valence-electron chi connectivity index (χ0n) is 10.7. The van der Waals surface area contributed by atoms with Crippen LogP contribution in [0, 0.1) is 16.0 Å². The van der Waals surface area contributed by atoms with E-state index in [9.17, 15) is 18.5 Å². The van der Waals surface area contributed by atoms with Gasteiger partial charge in [0.25, 0.3) is 5.69 Å². The van der Waals surface area contributed by atoms with E-state index >= 15 is 0 Å². The Kier molecular flexibility index (Phi) is 4.77. The van der Waals surface area contributed by atoms with Gasteiger partial charge >= 0.3 is 0 Å². The molecule has 0 amide bonds. The molecule has 1 N–H and O–H groups in total. The van der Waals surface area contributed by atoms with Crippen molar-refractivity contribution < 1.29 is 13.3 Å². The fraction of sp³-hybridized carbons (Fsp3) is 0.500. The van der Waals surface area contributed by atoms with Crippen LogP contribution in [0.1, 0.15) is 25.7 Å². The molecule has 20 heavy (non-hydrogen) atoms. The molecule has 110 valence electrons. The molecule has 8 heteroatoms. The monoisotopic (exact) mass is 362 g/mol. The van der Waals surface area contributed by atoms with Gasteiger partial charge in [0.15, 0.2) is 4.90 Å². The van der Waals surface area contributed by atoms with E-state index in [4.69, 9.17) is 0 Å². The summed E-state index contributed by atoms with van der Waals surface area (Å²) in [7, 11) is -3.87. The van der Waals surface area contributed by atoms with Gasteiger partial charge in [-0.05, 0) is 30.9 Å². The highest BCUT2D eigenvalue weighted by molar-refractivity contribution is 9.10. The molecule has 1 aromatic rings. The number of nitro benzene ring substituents is 1. The average molecular weight is 363 g/mol. The third kappa shape index (κ3) is 3.56. The molecule has 1 aliphatic carbocycles. The molecule has 6 nitrogen and oxygen atoms in total. The topological polar surface area (TPSA) is 89.3 Å². The molecule has 0 saturated heterocycles. The summed E-state index contributed by atoms with van der Waals surface area (Å²) in [6, 6.07) is 3.90. The fourth-order valence-electron chi connectivity index (χ4n) is 2.37. The van der Waals surface area contributed by atoms with Gasteiger partial charge in [-0.3, -0.25) is 10.1 Å². The Balaban J connectivity index is 2.23. The summed E-state index contributed by atoms with van der Waals surface area (Å²) >= 11 is 3.14. The van der Waals surface area contributed by atoms with Crippen molar-refractivity contribution in [1.82, 2.24) is 4.72 Å². The highest BCUT2D eigenvalue weighted by Gasteiger charge is 2.27. The largest absolute Gasteiger partial charge is 0.289 e. The van der Waals surface area contributed by atoms with E-state index < -0.39 is 20.6 Å². The lowest BCUT2D eigenvalue weighted by molar-refractivity contribution is -0.387. The number of benzene rings is 1. The predicted molar refractivity (Wildman–Crippen MR) is 77.9 cm³/mol. The Morgan fingerprint density at radius 2 is 2.00 bits per heavy atom. The summed E-state index contributed by atoms with van der Waals surface area (Å²) in [6.45, 7) is 0.339. The van der Waals surface area contributed by atoms with Gasteiger partial charge < -0.3 is 0 Å². The highest BCUT2D eigenvalue weighted by Crippen LogP contribution is 2.28. The molecule has 1 aliphatic rings. The number of hydrogen-bond donors (Lipinski definition) is 1. The van der Waals surface area contributed by atoms with Crippen LogP contribution in [0.2, 0.25) is 0 Å². The number of nitrogens with zero attached hydrogens (tertiary/aromatic N) is 1. The average Bonchev–Trinajstić information content (AvgIpc) is 2.89. The molecule has 0 spiro atoms. The lowest BCUT2D eigenvalue weighted by Gasteiger charge is -2.11. The minimum Gasteiger partial charge on any atom is -0.258 e. The molecule has 0 heterocycles. The highest BCUT2D eigenvalue weighted by atomic mass is 79.9. The van der Waals surface area contributed by atoms with Crippen LogP contribution in [0.4, 0.5) is 5.69 Å². The SMILES string of the molecule is O=[N+]([O-])c1ccc(Br)cc1S(=O)(=O)NCC1CCCC1.